The predicted molar refractivity (Wildman–Crippen MR) is 168 cm³/mol. The van der Waals surface area contributed by atoms with Gasteiger partial charge in [0, 0.05) is 46.8 Å². The molecule has 0 saturated heterocycles. The number of ether oxygens (including phenoxy) is 3. The Balaban J connectivity index is 1.50. The Bertz CT molecular complexity index is 1750. The monoisotopic (exact) mass is 697 g/mol. The van der Waals surface area contributed by atoms with Crippen molar-refractivity contribution in [2.24, 2.45) is 28.6 Å². The van der Waals surface area contributed by atoms with Gasteiger partial charge in [0.15, 0.2) is 0 Å². The van der Waals surface area contributed by atoms with E-state index >= 15 is 0 Å². The van der Waals surface area contributed by atoms with E-state index in [1.165, 1.54) is 19.1 Å². The first-order chi connectivity index (χ1) is 21.7. The maximum atomic E-state index is 15.0. The number of fused-ring (bicyclic) bond motifs is 4. The van der Waals surface area contributed by atoms with Crippen molar-refractivity contribution < 1.29 is 37.7 Å². The quantitative estimate of drug-likeness (QED) is 0.292. The molecule has 46 heavy (non-hydrogen) atoms. The van der Waals surface area contributed by atoms with Crippen LogP contribution in [0.15, 0.2) is 62.5 Å². The van der Waals surface area contributed by atoms with Crippen LogP contribution in [0, 0.1) is 34.4 Å². The number of aromatic nitrogens is 1. The zero-order valence-electron chi connectivity index (χ0n) is 26.3. The molecule has 0 spiro atoms. The first-order valence-electron chi connectivity index (χ1n) is 15.4. The van der Waals surface area contributed by atoms with Crippen molar-refractivity contribution in [3.63, 3.8) is 0 Å². The number of esters is 2. The second-order valence-electron chi connectivity index (χ2n) is 13.7. The fourth-order valence-corrected chi connectivity index (χ4v) is 8.88. The van der Waals surface area contributed by atoms with Gasteiger partial charge < -0.3 is 23.7 Å². The molecule has 3 aromatic rings. The Kier molecular flexibility index (Phi) is 8.16. The molecule has 1 aliphatic heterocycles. The molecule has 3 heterocycles. The van der Waals surface area contributed by atoms with Gasteiger partial charge in [-0.05, 0) is 73.8 Å². The predicted octanol–water partition coefficient (Wildman–Crippen LogP) is 6.66. The third-order valence-electron chi connectivity index (χ3n) is 11.1. The van der Waals surface area contributed by atoms with Crippen LogP contribution in [0.3, 0.4) is 0 Å². The van der Waals surface area contributed by atoms with Gasteiger partial charge in [-0.25, -0.2) is 14.0 Å². The summed E-state index contributed by atoms with van der Waals surface area (Å²) in [6.07, 6.45) is 2.53. The number of rotatable bonds is 5. The molecule has 0 amide bonds. The molecule has 3 unspecified atom stereocenters. The van der Waals surface area contributed by atoms with Gasteiger partial charge in [-0.3, -0.25) is 9.78 Å². The fraction of sp³-hybridized carbons (Fsp3) is 0.486. The maximum absolute atomic E-state index is 15.0. The van der Waals surface area contributed by atoms with Crippen molar-refractivity contribution in [2.45, 2.75) is 71.7 Å². The van der Waals surface area contributed by atoms with Gasteiger partial charge in [-0.2, -0.15) is 0 Å². The van der Waals surface area contributed by atoms with E-state index in [9.17, 15) is 23.9 Å². The lowest BCUT2D eigenvalue weighted by atomic mass is 9.41. The lowest BCUT2D eigenvalue weighted by molar-refractivity contribution is -0.257. The van der Waals surface area contributed by atoms with Gasteiger partial charge in [0.1, 0.15) is 34.6 Å². The third-order valence-corrected chi connectivity index (χ3v) is 11.6. The Morgan fingerprint density at radius 2 is 1.96 bits per heavy atom. The van der Waals surface area contributed by atoms with Crippen molar-refractivity contribution in [2.75, 3.05) is 6.61 Å². The minimum atomic E-state index is -1.35. The maximum Gasteiger partial charge on any atom is 0.345 e. The highest BCUT2D eigenvalue weighted by Gasteiger charge is 2.70. The molecule has 11 heteroatoms. The summed E-state index contributed by atoms with van der Waals surface area (Å²) in [5.74, 6) is -2.62. The van der Waals surface area contributed by atoms with E-state index < -0.39 is 57.9 Å². The van der Waals surface area contributed by atoms with Gasteiger partial charge in [-0.15, -0.1) is 0 Å². The number of aliphatic hydroxyl groups excluding tert-OH is 1. The van der Waals surface area contributed by atoms with E-state index in [0.717, 1.165) is 6.42 Å². The SMILES string of the molecule is CC(=O)OC[C@@]1(C)C2C[C@H](OC(=O)c3ccc(Br)cc3F)[C@@]3(C)Oc4cc(-c5cccnc5)oc(=O)c4C(O)C3[C@@]2(C)CC[C@@H]1C. The number of aliphatic hydroxyl groups is 1. The molecule has 2 aromatic heterocycles. The first-order valence-corrected chi connectivity index (χ1v) is 16.2. The number of hydrogen-bond acceptors (Lipinski definition) is 9. The molecule has 2 fully saturated rings. The van der Waals surface area contributed by atoms with Crippen LogP contribution in [0.25, 0.3) is 11.3 Å². The summed E-state index contributed by atoms with van der Waals surface area (Å²) in [6.45, 7) is 9.48. The number of carbonyl (C=O) groups is 2. The van der Waals surface area contributed by atoms with Crippen molar-refractivity contribution in [1.82, 2.24) is 4.98 Å². The van der Waals surface area contributed by atoms with Crippen LogP contribution in [0.4, 0.5) is 4.39 Å². The highest BCUT2D eigenvalue weighted by molar-refractivity contribution is 9.10. The Morgan fingerprint density at radius 1 is 1.20 bits per heavy atom. The summed E-state index contributed by atoms with van der Waals surface area (Å²) in [5, 5.41) is 12.2. The van der Waals surface area contributed by atoms with Gasteiger partial charge in [-0.1, -0.05) is 36.7 Å². The molecule has 6 rings (SSSR count). The summed E-state index contributed by atoms with van der Waals surface area (Å²) < 4.78 is 39.7. The van der Waals surface area contributed by atoms with Crippen LogP contribution in [0.5, 0.6) is 5.75 Å². The second kappa shape index (κ2) is 11.6. The van der Waals surface area contributed by atoms with E-state index in [0.29, 0.717) is 16.5 Å². The van der Waals surface area contributed by atoms with Crippen molar-refractivity contribution in [1.29, 1.82) is 0 Å². The standard InChI is InChI=1S/C35H37BrFNO8/c1-18-10-11-33(3)26(34(18,4)17-43-19(2)39)15-27(45-31(41)22-9-8-21(36)13-23(22)37)35(5)30(33)29(40)28-25(46-35)14-24(44-32(28)42)20-7-6-12-38-16-20/h6-9,12-14,16,18,26-27,29-30,40H,10-11,15,17H2,1-5H3/t18-,26?,27-,29?,30?,33-,34+,35+/m0/s1. The number of carbonyl (C=O) groups excluding carboxylic acids is 2. The molecule has 1 N–H and O–H groups in total. The molecule has 3 aliphatic rings. The van der Waals surface area contributed by atoms with Gasteiger partial charge in [0.25, 0.3) is 0 Å². The van der Waals surface area contributed by atoms with Crippen LogP contribution >= 0.6 is 15.9 Å². The van der Waals surface area contributed by atoms with Crippen LogP contribution in [-0.4, -0.2) is 40.3 Å². The Hall–Kier alpha value is -3.57. The third kappa shape index (κ3) is 5.15. The fourth-order valence-electron chi connectivity index (χ4n) is 8.55. The summed E-state index contributed by atoms with van der Waals surface area (Å²) in [4.78, 5) is 43.3. The number of halogens is 2. The normalized spacial score (nSPS) is 33.1. The van der Waals surface area contributed by atoms with Crippen LogP contribution in [-0.2, 0) is 14.3 Å². The summed E-state index contributed by atoms with van der Waals surface area (Å²) in [6, 6.07) is 9.08. The van der Waals surface area contributed by atoms with Crippen LogP contribution < -0.4 is 10.4 Å². The minimum absolute atomic E-state index is 0.0127. The minimum Gasteiger partial charge on any atom is -0.482 e. The zero-order chi connectivity index (χ0) is 33.2. The van der Waals surface area contributed by atoms with Crippen molar-refractivity contribution in [3.8, 4) is 17.1 Å². The molecule has 0 radical (unpaired) electrons. The average molecular weight is 699 g/mol. The lowest BCUT2D eigenvalue weighted by Gasteiger charge is -2.66. The van der Waals surface area contributed by atoms with Gasteiger partial charge in [0.2, 0.25) is 0 Å². The topological polar surface area (TPSA) is 125 Å². The molecule has 9 nitrogen and oxygen atoms in total. The van der Waals surface area contributed by atoms with E-state index in [-0.39, 0.29) is 47.5 Å². The van der Waals surface area contributed by atoms with Crippen LogP contribution in [0.2, 0.25) is 0 Å². The smallest absolute Gasteiger partial charge is 0.345 e. The number of benzene rings is 1. The van der Waals surface area contributed by atoms with E-state index in [1.54, 1.807) is 43.6 Å². The molecular formula is C35H37BrFNO8. The van der Waals surface area contributed by atoms with E-state index in [4.69, 9.17) is 18.6 Å². The van der Waals surface area contributed by atoms with Crippen molar-refractivity contribution in [3.05, 3.63) is 80.6 Å². The largest absolute Gasteiger partial charge is 0.482 e. The summed E-state index contributed by atoms with van der Waals surface area (Å²) in [5.41, 5.74) is -3.04. The molecule has 2 saturated carbocycles. The van der Waals surface area contributed by atoms with Gasteiger partial charge in [0.05, 0.1) is 18.3 Å². The highest BCUT2D eigenvalue weighted by Crippen LogP contribution is 2.68. The summed E-state index contributed by atoms with van der Waals surface area (Å²) in [7, 11) is 0. The van der Waals surface area contributed by atoms with E-state index in [1.807, 2.05) is 0 Å². The second-order valence-corrected chi connectivity index (χ2v) is 14.6. The molecule has 0 bridgehead atoms. The molecule has 2 aliphatic carbocycles. The number of hydrogen-bond donors (Lipinski definition) is 1. The number of nitrogens with zero attached hydrogens (tertiary/aromatic N) is 1. The zero-order valence-corrected chi connectivity index (χ0v) is 27.9. The summed E-state index contributed by atoms with van der Waals surface area (Å²) >= 11 is 3.22. The molecule has 244 valence electrons. The van der Waals surface area contributed by atoms with E-state index in [2.05, 4.69) is 41.7 Å². The molecule has 8 atom stereocenters. The number of pyridine rings is 1. The molecule has 1 aromatic carbocycles. The lowest BCUT2D eigenvalue weighted by Crippen LogP contribution is -2.70. The molecular weight excluding hydrogens is 661 g/mol. The van der Waals surface area contributed by atoms with Crippen molar-refractivity contribution >= 4 is 27.9 Å². The average Bonchev–Trinajstić information content (AvgIpc) is 2.99. The van der Waals surface area contributed by atoms with Gasteiger partial charge >= 0.3 is 17.6 Å². The highest BCUT2D eigenvalue weighted by atomic mass is 79.9. The Morgan fingerprint density at radius 3 is 2.63 bits per heavy atom. The first kappa shape index (κ1) is 32.4. The van der Waals surface area contributed by atoms with Crippen LogP contribution in [0.1, 0.15) is 75.9 Å². The Labute approximate surface area is 274 Å².